The van der Waals surface area contributed by atoms with E-state index in [0.717, 1.165) is 11.3 Å². The molecule has 1 aromatic rings. The molecule has 0 N–H and O–H groups in total. The van der Waals surface area contributed by atoms with Gasteiger partial charge in [0.2, 0.25) is 0 Å². The van der Waals surface area contributed by atoms with Crippen LogP contribution in [0.3, 0.4) is 0 Å². The molecule has 0 spiro atoms. The number of ether oxygens (including phenoxy) is 2. The Morgan fingerprint density at radius 1 is 1.24 bits per heavy atom. The molecule has 2 aliphatic heterocycles. The third kappa shape index (κ3) is 1.63. The van der Waals surface area contributed by atoms with Crippen molar-refractivity contribution in [3.63, 3.8) is 0 Å². The van der Waals surface area contributed by atoms with Gasteiger partial charge in [-0.05, 0) is 22.9 Å². The molecule has 0 fully saturated rings. The molecule has 5 heteroatoms. The first-order valence-electron chi connectivity index (χ1n) is 5.38. The summed E-state index contributed by atoms with van der Waals surface area (Å²) in [6, 6.07) is 7.53. The molecule has 2 aliphatic rings. The number of fused-ring (bicyclic) bond motifs is 1. The summed E-state index contributed by atoms with van der Waals surface area (Å²) in [5.74, 6) is 1.99. The molecule has 2 heterocycles. The van der Waals surface area contributed by atoms with Crippen LogP contribution in [-0.4, -0.2) is 24.9 Å². The highest BCUT2D eigenvalue weighted by Gasteiger charge is 2.41. The van der Waals surface area contributed by atoms with Crippen molar-refractivity contribution in [1.82, 2.24) is 0 Å². The maximum atomic E-state index is 5.34. The Balaban J connectivity index is 1.85. The molecule has 88 valence electrons. The lowest BCUT2D eigenvalue weighted by Crippen LogP contribution is -2.17. The molecule has 17 heavy (non-hydrogen) atoms. The summed E-state index contributed by atoms with van der Waals surface area (Å²) in [4.78, 5) is 9.70. The van der Waals surface area contributed by atoms with Crippen molar-refractivity contribution < 1.29 is 14.3 Å². The number of methoxy groups -OCH3 is 1. The number of oxime groups is 1. The number of aliphatic imine (C=N–C) groups is 1. The highest BCUT2D eigenvalue weighted by atomic mass is 16.7. The highest BCUT2D eigenvalue weighted by Crippen LogP contribution is 2.33. The van der Waals surface area contributed by atoms with E-state index in [9.17, 15) is 0 Å². The minimum Gasteiger partial charge on any atom is -0.497 e. The fourth-order valence-corrected chi connectivity index (χ4v) is 1.96. The van der Waals surface area contributed by atoms with Crippen molar-refractivity contribution in [1.29, 1.82) is 0 Å². The maximum absolute atomic E-state index is 5.34. The van der Waals surface area contributed by atoms with Crippen LogP contribution < -0.4 is 4.74 Å². The van der Waals surface area contributed by atoms with E-state index in [-0.39, 0.29) is 12.1 Å². The largest absolute Gasteiger partial charge is 0.497 e. The Morgan fingerprint density at radius 2 is 2.00 bits per heavy atom. The van der Waals surface area contributed by atoms with Crippen LogP contribution in [0.2, 0.25) is 0 Å². The fraction of sp³-hybridized carbons (Fsp3) is 0.333. The molecule has 3 rings (SSSR count). The number of hydrogen-bond donors (Lipinski definition) is 0. The number of hydrogen-bond acceptors (Lipinski definition) is 5. The lowest BCUT2D eigenvalue weighted by molar-refractivity contribution is 0.0769. The predicted octanol–water partition coefficient (Wildman–Crippen LogP) is 1.90. The van der Waals surface area contributed by atoms with Gasteiger partial charge in [0.1, 0.15) is 5.75 Å². The second-order valence-corrected chi connectivity index (χ2v) is 3.92. The molecular weight excluding hydrogens is 220 g/mol. The first-order valence-corrected chi connectivity index (χ1v) is 5.38. The van der Waals surface area contributed by atoms with Gasteiger partial charge in [0, 0.05) is 6.92 Å². The third-order valence-corrected chi connectivity index (χ3v) is 2.81. The van der Waals surface area contributed by atoms with Crippen molar-refractivity contribution in [3.05, 3.63) is 29.8 Å². The summed E-state index contributed by atoms with van der Waals surface area (Å²) in [7, 11) is 1.64. The van der Waals surface area contributed by atoms with Crippen LogP contribution in [0.15, 0.2) is 34.4 Å². The Labute approximate surface area is 98.7 Å². The van der Waals surface area contributed by atoms with Crippen LogP contribution in [0.1, 0.15) is 18.6 Å². The first-order chi connectivity index (χ1) is 8.28. The zero-order valence-electron chi connectivity index (χ0n) is 9.58. The van der Waals surface area contributed by atoms with E-state index < -0.39 is 0 Å². The minimum absolute atomic E-state index is 0.150. The molecule has 2 unspecified atom stereocenters. The first kappa shape index (κ1) is 10.1. The summed E-state index contributed by atoms with van der Waals surface area (Å²) in [5, 5.41) is 3.90. The van der Waals surface area contributed by atoms with Gasteiger partial charge < -0.3 is 14.3 Å². The standard InChI is InChI=1S/C12H12N2O3/c1-7-13-10-11(17-14-12(10)16-7)8-3-5-9(15-2)6-4-8/h3-6,10-11H,1-2H3. The van der Waals surface area contributed by atoms with Crippen LogP contribution in [-0.2, 0) is 9.57 Å². The molecule has 1 aromatic carbocycles. The summed E-state index contributed by atoms with van der Waals surface area (Å²) < 4.78 is 10.4. The van der Waals surface area contributed by atoms with Crippen molar-refractivity contribution in [3.8, 4) is 5.75 Å². The van der Waals surface area contributed by atoms with Gasteiger partial charge in [-0.1, -0.05) is 12.1 Å². The quantitative estimate of drug-likeness (QED) is 0.782. The molecule has 0 radical (unpaired) electrons. The van der Waals surface area contributed by atoms with E-state index in [1.165, 1.54) is 0 Å². The van der Waals surface area contributed by atoms with Gasteiger partial charge in [-0.15, -0.1) is 0 Å². The average molecular weight is 232 g/mol. The van der Waals surface area contributed by atoms with E-state index in [2.05, 4.69) is 10.1 Å². The molecule has 0 bridgehead atoms. The van der Waals surface area contributed by atoms with Gasteiger partial charge in [0.15, 0.2) is 18.0 Å². The van der Waals surface area contributed by atoms with Gasteiger partial charge >= 0.3 is 0 Å². The zero-order valence-corrected chi connectivity index (χ0v) is 9.58. The second-order valence-electron chi connectivity index (χ2n) is 3.92. The molecule has 0 aliphatic carbocycles. The highest BCUT2D eigenvalue weighted by molar-refractivity contribution is 5.99. The molecule has 0 saturated carbocycles. The maximum Gasteiger partial charge on any atom is 0.261 e. The topological polar surface area (TPSA) is 52.4 Å². The fourth-order valence-electron chi connectivity index (χ4n) is 1.96. The second kappa shape index (κ2) is 3.76. The number of benzene rings is 1. The van der Waals surface area contributed by atoms with E-state index in [0.29, 0.717) is 11.8 Å². The van der Waals surface area contributed by atoms with Crippen molar-refractivity contribution in [2.24, 2.45) is 10.1 Å². The van der Waals surface area contributed by atoms with Crippen LogP contribution in [0.25, 0.3) is 0 Å². The molecule has 5 nitrogen and oxygen atoms in total. The summed E-state index contributed by atoms with van der Waals surface area (Å²) in [5.41, 5.74) is 1.01. The minimum atomic E-state index is -0.201. The molecule has 0 amide bonds. The van der Waals surface area contributed by atoms with Gasteiger partial charge in [-0.2, -0.15) is 0 Å². The van der Waals surface area contributed by atoms with E-state index in [4.69, 9.17) is 14.3 Å². The SMILES string of the molecule is COc1ccc(C2ON=C3OC(C)=NC32)cc1. The smallest absolute Gasteiger partial charge is 0.261 e. The van der Waals surface area contributed by atoms with Crippen molar-refractivity contribution in [2.45, 2.75) is 19.1 Å². The van der Waals surface area contributed by atoms with E-state index in [1.54, 1.807) is 7.11 Å². The van der Waals surface area contributed by atoms with E-state index >= 15 is 0 Å². The van der Waals surface area contributed by atoms with Crippen molar-refractivity contribution >= 4 is 11.8 Å². The lowest BCUT2D eigenvalue weighted by Gasteiger charge is -2.12. The van der Waals surface area contributed by atoms with Gasteiger partial charge in [-0.3, -0.25) is 0 Å². The summed E-state index contributed by atoms with van der Waals surface area (Å²) >= 11 is 0. The van der Waals surface area contributed by atoms with Gasteiger partial charge in [0.05, 0.1) is 7.11 Å². The number of nitrogens with zero attached hydrogens (tertiary/aromatic N) is 2. The van der Waals surface area contributed by atoms with E-state index in [1.807, 2.05) is 31.2 Å². The van der Waals surface area contributed by atoms with Crippen LogP contribution in [0.5, 0.6) is 5.75 Å². The molecule has 2 atom stereocenters. The summed E-state index contributed by atoms with van der Waals surface area (Å²) in [6.07, 6.45) is -0.201. The number of rotatable bonds is 2. The van der Waals surface area contributed by atoms with Crippen LogP contribution >= 0.6 is 0 Å². The Hall–Kier alpha value is -2.04. The predicted molar refractivity (Wildman–Crippen MR) is 62.2 cm³/mol. The van der Waals surface area contributed by atoms with Crippen LogP contribution in [0, 0.1) is 0 Å². The normalized spacial score (nSPS) is 25.5. The molecule has 0 saturated heterocycles. The molecular formula is C12H12N2O3. The van der Waals surface area contributed by atoms with Gasteiger partial charge in [-0.25, -0.2) is 4.99 Å². The summed E-state index contributed by atoms with van der Waals surface area (Å²) in [6.45, 7) is 1.81. The lowest BCUT2D eigenvalue weighted by atomic mass is 10.0. The monoisotopic (exact) mass is 232 g/mol. The Kier molecular flexibility index (Phi) is 2.24. The zero-order chi connectivity index (χ0) is 11.8. The van der Waals surface area contributed by atoms with Crippen molar-refractivity contribution in [2.75, 3.05) is 7.11 Å². The molecule has 0 aromatic heterocycles. The third-order valence-electron chi connectivity index (χ3n) is 2.81. The Bertz CT molecular complexity index is 493. The average Bonchev–Trinajstić information content (AvgIpc) is 2.88. The van der Waals surface area contributed by atoms with Gasteiger partial charge in [0.25, 0.3) is 5.90 Å². The van der Waals surface area contributed by atoms with Crippen LogP contribution in [0.4, 0.5) is 0 Å². The Morgan fingerprint density at radius 3 is 2.71 bits per heavy atom.